The number of furan rings is 1. The Kier molecular flexibility index (Phi) is 5.24. The van der Waals surface area contributed by atoms with Crippen molar-refractivity contribution in [3.8, 4) is 5.75 Å². The summed E-state index contributed by atoms with van der Waals surface area (Å²) in [6.45, 7) is 1.36. The zero-order valence-corrected chi connectivity index (χ0v) is 14.0. The Morgan fingerprint density at radius 2 is 1.63 bits per heavy atom. The maximum absolute atomic E-state index is 12.3. The molecule has 1 saturated heterocycles. The van der Waals surface area contributed by atoms with Crippen LogP contribution in [0.2, 0.25) is 0 Å². The third-order valence-corrected chi connectivity index (χ3v) is 3.93. The van der Waals surface area contributed by atoms with E-state index in [-0.39, 0.29) is 17.4 Å². The molecule has 0 saturated carbocycles. The summed E-state index contributed by atoms with van der Waals surface area (Å²) in [6.07, 6.45) is -3.35. The Labute approximate surface area is 152 Å². The van der Waals surface area contributed by atoms with E-state index in [9.17, 15) is 22.8 Å². The van der Waals surface area contributed by atoms with Crippen LogP contribution in [0.1, 0.15) is 10.6 Å². The SMILES string of the molecule is O=C(Nc1ccc(OC(F)(F)F)cc1)N1CCN(C(=O)c2ccco2)CC1. The summed E-state index contributed by atoms with van der Waals surface area (Å²) < 4.78 is 45.3. The molecule has 0 radical (unpaired) electrons. The molecule has 1 N–H and O–H groups in total. The summed E-state index contributed by atoms with van der Waals surface area (Å²) in [5.41, 5.74) is 0.337. The first-order valence-corrected chi connectivity index (χ1v) is 8.06. The number of nitrogens with zero attached hydrogens (tertiary/aromatic N) is 2. The summed E-state index contributed by atoms with van der Waals surface area (Å²) in [5, 5.41) is 2.60. The molecule has 1 aromatic carbocycles. The average molecular weight is 383 g/mol. The fourth-order valence-corrected chi connectivity index (χ4v) is 2.61. The predicted molar refractivity (Wildman–Crippen MR) is 88.3 cm³/mol. The third kappa shape index (κ3) is 4.93. The van der Waals surface area contributed by atoms with Crippen LogP contribution >= 0.6 is 0 Å². The molecular weight excluding hydrogens is 367 g/mol. The lowest BCUT2D eigenvalue weighted by Gasteiger charge is -2.34. The molecule has 0 spiro atoms. The number of hydrogen-bond donors (Lipinski definition) is 1. The van der Waals surface area contributed by atoms with Crippen LogP contribution < -0.4 is 10.1 Å². The summed E-state index contributed by atoms with van der Waals surface area (Å²) in [4.78, 5) is 27.6. The molecule has 0 aliphatic carbocycles. The number of anilines is 1. The van der Waals surface area contributed by atoms with Gasteiger partial charge >= 0.3 is 12.4 Å². The van der Waals surface area contributed by atoms with E-state index in [0.717, 1.165) is 12.1 Å². The average Bonchev–Trinajstić information content (AvgIpc) is 3.16. The lowest BCUT2D eigenvalue weighted by atomic mass is 10.3. The summed E-state index contributed by atoms with van der Waals surface area (Å²) >= 11 is 0. The fraction of sp³-hybridized carbons (Fsp3) is 0.294. The first-order valence-electron chi connectivity index (χ1n) is 8.06. The van der Waals surface area contributed by atoms with Gasteiger partial charge in [-0.1, -0.05) is 0 Å². The highest BCUT2D eigenvalue weighted by Crippen LogP contribution is 2.24. The number of carbonyl (C=O) groups is 2. The lowest BCUT2D eigenvalue weighted by Crippen LogP contribution is -2.51. The zero-order chi connectivity index (χ0) is 19.4. The van der Waals surface area contributed by atoms with Gasteiger partial charge in [-0.3, -0.25) is 4.79 Å². The molecule has 1 aliphatic heterocycles. The minimum Gasteiger partial charge on any atom is -0.459 e. The molecule has 7 nitrogen and oxygen atoms in total. The van der Waals surface area contributed by atoms with Crippen LogP contribution in [0.5, 0.6) is 5.75 Å². The second-order valence-electron chi connectivity index (χ2n) is 5.76. The molecule has 2 heterocycles. The van der Waals surface area contributed by atoms with Crippen LogP contribution in [-0.4, -0.2) is 54.3 Å². The van der Waals surface area contributed by atoms with E-state index in [1.54, 1.807) is 17.0 Å². The number of urea groups is 1. The van der Waals surface area contributed by atoms with E-state index in [0.29, 0.717) is 31.9 Å². The Bertz CT molecular complexity index is 783. The van der Waals surface area contributed by atoms with Crippen molar-refractivity contribution in [3.63, 3.8) is 0 Å². The standard InChI is InChI=1S/C17H16F3N3O4/c18-17(19,20)27-13-5-3-12(4-6-13)21-16(25)23-9-7-22(8-10-23)15(24)14-2-1-11-26-14/h1-6,11H,7-10H2,(H,21,25). The lowest BCUT2D eigenvalue weighted by molar-refractivity contribution is -0.274. The first kappa shape index (κ1) is 18.6. The third-order valence-electron chi connectivity index (χ3n) is 3.93. The Hall–Kier alpha value is -3.17. The number of amides is 3. The molecule has 3 amide bonds. The molecule has 0 atom stereocenters. The van der Waals surface area contributed by atoms with E-state index in [4.69, 9.17) is 4.42 Å². The van der Waals surface area contributed by atoms with Crippen LogP contribution in [0, 0.1) is 0 Å². The molecule has 1 aliphatic rings. The molecular formula is C17H16F3N3O4. The second kappa shape index (κ2) is 7.60. The van der Waals surface area contributed by atoms with Gasteiger partial charge < -0.3 is 24.3 Å². The molecule has 27 heavy (non-hydrogen) atoms. The van der Waals surface area contributed by atoms with Gasteiger partial charge in [0.15, 0.2) is 5.76 Å². The second-order valence-corrected chi connectivity index (χ2v) is 5.76. The minimum atomic E-state index is -4.77. The minimum absolute atomic E-state index is 0.236. The smallest absolute Gasteiger partial charge is 0.459 e. The Balaban J connectivity index is 1.50. The van der Waals surface area contributed by atoms with Crippen molar-refractivity contribution in [2.75, 3.05) is 31.5 Å². The molecule has 144 valence electrons. The molecule has 10 heteroatoms. The number of halogens is 3. The maximum atomic E-state index is 12.3. The maximum Gasteiger partial charge on any atom is 0.573 e. The Morgan fingerprint density at radius 1 is 1.00 bits per heavy atom. The number of carbonyl (C=O) groups excluding carboxylic acids is 2. The zero-order valence-electron chi connectivity index (χ0n) is 14.0. The summed E-state index contributed by atoms with van der Waals surface area (Å²) in [7, 11) is 0. The fourth-order valence-electron chi connectivity index (χ4n) is 2.61. The summed E-state index contributed by atoms with van der Waals surface area (Å²) in [5.74, 6) is -0.361. The highest BCUT2D eigenvalue weighted by molar-refractivity contribution is 5.92. The van der Waals surface area contributed by atoms with Crippen LogP contribution in [-0.2, 0) is 0 Å². The number of benzene rings is 1. The van der Waals surface area contributed by atoms with Crippen molar-refractivity contribution in [2.24, 2.45) is 0 Å². The van der Waals surface area contributed by atoms with Crippen molar-refractivity contribution >= 4 is 17.6 Å². The van der Waals surface area contributed by atoms with Crippen molar-refractivity contribution in [3.05, 3.63) is 48.4 Å². The van der Waals surface area contributed by atoms with Crippen LogP contribution in [0.25, 0.3) is 0 Å². The van der Waals surface area contributed by atoms with E-state index < -0.39 is 12.4 Å². The van der Waals surface area contributed by atoms with Gasteiger partial charge in [0.2, 0.25) is 0 Å². The van der Waals surface area contributed by atoms with Gasteiger partial charge in [0.25, 0.3) is 5.91 Å². The van der Waals surface area contributed by atoms with Gasteiger partial charge in [0, 0.05) is 31.9 Å². The quantitative estimate of drug-likeness (QED) is 0.884. The molecule has 1 fully saturated rings. The van der Waals surface area contributed by atoms with Crippen molar-refractivity contribution in [1.82, 2.24) is 9.80 Å². The molecule has 3 rings (SSSR count). The molecule has 2 aromatic rings. The highest BCUT2D eigenvalue weighted by atomic mass is 19.4. The molecule has 0 bridgehead atoms. The van der Waals surface area contributed by atoms with Crippen molar-refractivity contribution in [2.45, 2.75) is 6.36 Å². The van der Waals surface area contributed by atoms with Gasteiger partial charge in [-0.25, -0.2) is 4.79 Å². The Morgan fingerprint density at radius 3 is 2.19 bits per heavy atom. The number of alkyl halides is 3. The normalized spacial score (nSPS) is 14.8. The van der Waals surface area contributed by atoms with Gasteiger partial charge in [0.05, 0.1) is 6.26 Å². The largest absolute Gasteiger partial charge is 0.573 e. The number of hydrogen-bond acceptors (Lipinski definition) is 4. The van der Waals surface area contributed by atoms with E-state index >= 15 is 0 Å². The van der Waals surface area contributed by atoms with E-state index in [1.807, 2.05) is 0 Å². The predicted octanol–water partition coefficient (Wildman–Crippen LogP) is 3.17. The van der Waals surface area contributed by atoms with Crippen molar-refractivity contribution in [1.29, 1.82) is 0 Å². The highest BCUT2D eigenvalue weighted by Gasteiger charge is 2.31. The number of ether oxygens (including phenoxy) is 1. The van der Waals surface area contributed by atoms with Crippen LogP contribution in [0.15, 0.2) is 47.1 Å². The van der Waals surface area contributed by atoms with Crippen molar-refractivity contribution < 1.29 is 31.9 Å². The number of piperazine rings is 1. The van der Waals surface area contributed by atoms with Gasteiger partial charge in [-0.15, -0.1) is 13.2 Å². The molecule has 1 aromatic heterocycles. The van der Waals surface area contributed by atoms with E-state index in [2.05, 4.69) is 10.1 Å². The summed E-state index contributed by atoms with van der Waals surface area (Å²) in [6, 6.07) is 7.66. The topological polar surface area (TPSA) is 75.0 Å². The van der Waals surface area contributed by atoms with Gasteiger partial charge in [-0.2, -0.15) is 0 Å². The van der Waals surface area contributed by atoms with Crippen LogP contribution in [0.3, 0.4) is 0 Å². The van der Waals surface area contributed by atoms with Crippen LogP contribution in [0.4, 0.5) is 23.7 Å². The van der Waals surface area contributed by atoms with Gasteiger partial charge in [0.1, 0.15) is 5.75 Å². The first-order chi connectivity index (χ1) is 12.8. The number of rotatable bonds is 3. The molecule has 0 unspecified atom stereocenters. The number of nitrogens with one attached hydrogen (secondary N) is 1. The van der Waals surface area contributed by atoms with E-state index in [1.165, 1.54) is 23.3 Å². The van der Waals surface area contributed by atoms with Gasteiger partial charge in [-0.05, 0) is 36.4 Å². The monoisotopic (exact) mass is 383 g/mol.